The average molecular weight is 239 g/mol. The van der Waals surface area contributed by atoms with E-state index in [2.05, 4.69) is 4.74 Å². The van der Waals surface area contributed by atoms with Crippen LogP contribution in [0.4, 0.5) is 5.69 Å². The fourth-order valence-corrected chi connectivity index (χ4v) is 1.11. The van der Waals surface area contributed by atoms with Crippen molar-refractivity contribution in [2.24, 2.45) is 0 Å². The topological polar surface area (TPSA) is 95.7 Å². The molecule has 0 atom stereocenters. The zero-order valence-corrected chi connectivity index (χ0v) is 9.13. The number of nitrogens with zero attached hydrogens (tertiary/aromatic N) is 1. The third-order valence-corrected chi connectivity index (χ3v) is 1.64. The SMILES string of the molecule is CC(=O)Oc1ccc([N+](=O)[O-])c(OC(C)=O)c1. The molecular weight excluding hydrogens is 230 g/mol. The normalized spacial score (nSPS) is 9.53. The van der Waals surface area contributed by atoms with Gasteiger partial charge in [-0.1, -0.05) is 0 Å². The van der Waals surface area contributed by atoms with E-state index in [9.17, 15) is 19.7 Å². The first-order valence-corrected chi connectivity index (χ1v) is 4.55. The summed E-state index contributed by atoms with van der Waals surface area (Å²) in [7, 11) is 0. The molecule has 0 amide bonds. The smallest absolute Gasteiger partial charge is 0.311 e. The number of nitro groups is 1. The molecule has 0 saturated heterocycles. The molecule has 0 heterocycles. The first-order chi connectivity index (χ1) is 7.90. The first-order valence-electron chi connectivity index (χ1n) is 4.55. The number of ether oxygens (including phenoxy) is 2. The summed E-state index contributed by atoms with van der Waals surface area (Å²) in [5.74, 6) is -1.47. The van der Waals surface area contributed by atoms with Crippen molar-refractivity contribution in [3.63, 3.8) is 0 Å². The molecule has 0 aliphatic carbocycles. The second kappa shape index (κ2) is 5.06. The average Bonchev–Trinajstić information content (AvgIpc) is 2.15. The zero-order chi connectivity index (χ0) is 13.0. The summed E-state index contributed by atoms with van der Waals surface area (Å²) < 4.78 is 9.38. The Morgan fingerprint density at radius 2 is 1.76 bits per heavy atom. The van der Waals surface area contributed by atoms with E-state index in [1.807, 2.05) is 0 Å². The van der Waals surface area contributed by atoms with Gasteiger partial charge >= 0.3 is 17.6 Å². The highest BCUT2D eigenvalue weighted by Gasteiger charge is 2.18. The van der Waals surface area contributed by atoms with Crippen LogP contribution in [0.25, 0.3) is 0 Å². The van der Waals surface area contributed by atoms with Gasteiger partial charge in [0.1, 0.15) is 5.75 Å². The number of nitro benzene ring substituents is 1. The monoisotopic (exact) mass is 239 g/mol. The van der Waals surface area contributed by atoms with Gasteiger partial charge in [0.05, 0.1) is 4.92 Å². The van der Waals surface area contributed by atoms with E-state index in [0.717, 1.165) is 19.1 Å². The van der Waals surface area contributed by atoms with Gasteiger partial charge in [0, 0.05) is 26.0 Å². The lowest BCUT2D eigenvalue weighted by Gasteiger charge is -2.05. The number of rotatable bonds is 3. The molecule has 0 saturated carbocycles. The summed E-state index contributed by atoms with van der Waals surface area (Å²) in [5, 5.41) is 10.6. The lowest BCUT2D eigenvalue weighted by molar-refractivity contribution is -0.385. The molecular formula is C10H9NO6. The molecule has 1 aromatic carbocycles. The molecule has 1 rings (SSSR count). The van der Waals surface area contributed by atoms with E-state index in [-0.39, 0.29) is 17.2 Å². The maximum atomic E-state index is 10.8. The van der Waals surface area contributed by atoms with E-state index in [1.54, 1.807) is 0 Å². The number of carbonyl (C=O) groups is 2. The molecule has 0 fully saturated rings. The zero-order valence-electron chi connectivity index (χ0n) is 9.13. The number of hydrogen-bond donors (Lipinski definition) is 0. The Hall–Kier alpha value is -2.44. The number of esters is 2. The Morgan fingerprint density at radius 3 is 2.24 bits per heavy atom. The highest BCUT2D eigenvalue weighted by atomic mass is 16.6. The Labute approximate surface area is 96.1 Å². The molecule has 7 heteroatoms. The minimum absolute atomic E-state index is 0.0688. The van der Waals surface area contributed by atoms with Crippen LogP contribution in [0.15, 0.2) is 18.2 Å². The van der Waals surface area contributed by atoms with E-state index in [4.69, 9.17) is 4.74 Å². The summed E-state index contributed by atoms with van der Waals surface area (Å²) in [5.41, 5.74) is -0.379. The van der Waals surface area contributed by atoms with Crippen LogP contribution < -0.4 is 9.47 Å². The van der Waals surface area contributed by atoms with E-state index >= 15 is 0 Å². The second-order valence-electron chi connectivity index (χ2n) is 3.07. The van der Waals surface area contributed by atoms with E-state index in [1.165, 1.54) is 13.0 Å². The standard InChI is InChI=1S/C10H9NO6/c1-6(12)16-8-3-4-9(11(14)15)10(5-8)17-7(2)13/h3-5H,1-2H3. The van der Waals surface area contributed by atoms with E-state index < -0.39 is 16.9 Å². The molecule has 0 unspecified atom stereocenters. The van der Waals surface area contributed by atoms with Crippen LogP contribution in [0.3, 0.4) is 0 Å². The van der Waals surface area contributed by atoms with Gasteiger partial charge in [-0.3, -0.25) is 19.7 Å². The summed E-state index contributed by atoms with van der Waals surface area (Å²) in [4.78, 5) is 31.4. The van der Waals surface area contributed by atoms with Crippen LogP contribution in [0.2, 0.25) is 0 Å². The van der Waals surface area contributed by atoms with Crippen molar-refractivity contribution >= 4 is 17.6 Å². The van der Waals surface area contributed by atoms with Crippen molar-refractivity contribution in [2.45, 2.75) is 13.8 Å². The predicted octanol–water partition coefficient (Wildman–Crippen LogP) is 1.45. The fraction of sp³-hybridized carbons (Fsp3) is 0.200. The minimum atomic E-state index is -0.701. The molecule has 0 aliphatic rings. The molecule has 0 spiro atoms. The Morgan fingerprint density at radius 1 is 1.18 bits per heavy atom. The van der Waals surface area contributed by atoms with Crippen molar-refractivity contribution in [2.75, 3.05) is 0 Å². The van der Waals surface area contributed by atoms with Crippen LogP contribution in [0, 0.1) is 10.1 Å². The van der Waals surface area contributed by atoms with Crippen LogP contribution in [0.5, 0.6) is 11.5 Å². The van der Waals surface area contributed by atoms with Gasteiger partial charge in [0.15, 0.2) is 0 Å². The molecule has 0 radical (unpaired) electrons. The lowest BCUT2D eigenvalue weighted by Crippen LogP contribution is -2.06. The summed E-state index contributed by atoms with van der Waals surface area (Å²) >= 11 is 0. The van der Waals surface area contributed by atoms with Gasteiger partial charge in [-0.05, 0) is 6.07 Å². The summed E-state index contributed by atoms with van der Waals surface area (Å²) in [6.45, 7) is 2.30. The number of hydrogen-bond acceptors (Lipinski definition) is 6. The number of benzene rings is 1. The number of carbonyl (C=O) groups excluding carboxylic acids is 2. The Balaban J connectivity index is 3.13. The van der Waals surface area contributed by atoms with Crippen molar-refractivity contribution in [3.8, 4) is 11.5 Å². The Kier molecular flexibility index (Phi) is 3.76. The van der Waals surface area contributed by atoms with Crippen LogP contribution in [-0.2, 0) is 9.59 Å². The van der Waals surface area contributed by atoms with Crippen molar-refractivity contribution in [1.29, 1.82) is 0 Å². The van der Waals surface area contributed by atoms with Gasteiger partial charge in [0.25, 0.3) is 0 Å². The second-order valence-corrected chi connectivity index (χ2v) is 3.07. The third-order valence-electron chi connectivity index (χ3n) is 1.64. The van der Waals surface area contributed by atoms with E-state index in [0.29, 0.717) is 0 Å². The van der Waals surface area contributed by atoms with Crippen molar-refractivity contribution in [3.05, 3.63) is 28.3 Å². The predicted molar refractivity (Wildman–Crippen MR) is 55.7 cm³/mol. The first kappa shape index (κ1) is 12.6. The van der Waals surface area contributed by atoms with Gasteiger partial charge in [-0.25, -0.2) is 0 Å². The van der Waals surface area contributed by atoms with Crippen LogP contribution >= 0.6 is 0 Å². The molecule has 0 N–H and O–H groups in total. The van der Waals surface area contributed by atoms with Gasteiger partial charge in [-0.2, -0.15) is 0 Å². The van der Waals surface area contributed by atoms with Crippen molar-refractivity contribution < 1.29 is 24.0 Å². The lowest BCUT2D eigenvalue weighted by atomic mass is 10.3. The highest BCUT2D eigenvalue weighted by Crippen LogP contribution is 2.31. The summed E-state index contributed by atoms with van der Waals surface area (Å²) in [6.07, 6.45) is 0. The van der Waals surface area contributed by atoms with Crippen molar-refractivity contribution in [1.82, 2.24) is 0 Å². The van der Waals surface area contributed by atoms with Gasteiger partial charge in [0.2, 0.25) is 5.75 Å². The maximum absolute atomic E-state index is 10.8. The quantitative estimate of drug-likeness (QED) is 0.343. The van der Waals surface area contributed by atoms with Crippen LogP contribution in [-0.4, -0.2) is 16.9 Å². The van der Waals surface area contributed by atoms with Crippen LogP contribution in [0.1, 0.15) is 13.8 Å². The molecule has 0 aliphatic heterocycles. The molecule has 90 valence electrons. The Bertz CT molecular complexity index is 482. The minimum Gasteiger partial charge on any atom is -0.427 e. The molecule has 0 bridgehead atoms. The van der Waals surface area contributed by atoms with Gasteiger partial charge < -0.3 is 9.47 Å². The third kappa shape index (κ3) is 3.56. The largest absolute Gasteiger partial charge is 0.427 e. The summed E-state index contributed by atoms with van der Waals surface area (Å²) in [6, 6.07) is 3.45. The maximum Gasteiger partial charge on any atom is 0.311 e. The molecule has 7 nitrogen and oxygen atoms in total. The fourth-order valence-electron chi connectivity index (χ4n) is 1.11. The highest BCUT2D eigenvalue weighted by molar-refractivity contribution is 5.73. The molecule has 1 aromatic rings. The molecule has 0 aromatic heterocycles. The molecule has 17 heavy (non-hydrogen) atoms. The van der Waals surface area contributed by atoms with Gasteiger partial charge in [-0.15, -0.1) is 0 Å².